The number of ether oxygens (including phenoxy) is 1. The molecule has 37 heavy (non-hydrogen) atoms. The Morgan fingerprint density at radius 1 is 1.08 bits per heavy atom. The van der Waals surface area contributed by atoms with Gasteiger partial charge in [0.2, 0.25) is 5.91 Å². The first-order valence-electron chi connectivity index (χ1n) is 11.9. The largest absolute Gasteiger partial charge is 0.453 e. The molecule has 2 aliphatic rings. The molecule has 3 aromatic heterocycles. The maximum Gasteiger partial charge on any atom is 0.409 e. The maximum absolute atomic E-state index is 14.1. The van der Waals surface area contributed by atoms with Crippen molar-refractivity contribution in [2.75, 3.05) is 25.1 Å². The molecular formula is C27H23FN6O3. The van der Waals surface area contributed by atoms with Crippen molar-refractivity contribution >= 4 is 28.5 Å². The standard InChI is InChI=1S/C27H23FN6O3/c1-37-26(36)33-8-5-27(6-9-33)21-4-7-29-14-23(21)34(25(27)35)15-22-24(18-11-30-16-31-12-18)20-3-2-19(28)10-17(20)13-32-22/h2-4,7,10-14,16H,5-6,8-9,15H2,1H3. The Hall–Kier alpha value is -4.47. The van der Waals surface area contributed by atoms with Crippen LogP contribution in [0.25, 0.3) is 21.9 Å². The molecule has 2 amide bonds. The van der Waals surface area contributed by atoms with Gasteiger partial charge in [-0.2, -0.15) is 0 Å². The number of carbonyl (C=O) groups excluding carboxylic acids is 2. The second kappa shape index (κ2) is 8.88. The highest BCUT2D eigenvalue weighted by atomic mass is 19.1. The average molecular weight is 499 g/mol. The van der Waals surface area contributed by atoms with E-state index in [1.807, 2.05) is 6.07 Å². The van der Waals surface area contributed by atoms with E-state index in [0.717, 1.165) is 27.8 Å². The number of aromatic nitrogens is 4. The number of hydrogen-bond donors (Lipinski definition) is 0. The van der Waals surface area contributed by atoms with E-state index in [1.165, 1.54) is 25.6 Å². The van der Waals surface area contributed by atoms with Crippen LogP contribution in [0, 0.1) is 5.82 Å². The fraction of sp³-hybridized carbons (Fsp3) is 0.259. The summed E-state index contributed by atoms with van der Waals surface area (Å²) in [4.78, 5) is 46.8. The number of hydrogen-bond acceptors (Lipinski definition) is 7. The fourth-order valence-corrected chi connectivity index (χ4v) is 5.58. The van der Waals surface area contributed by atoms with Crippen molar-refractivity contribution in [2.24, 2.45) is 0 Å². The van der Waals surface area contributed by atoms with E-state index in [9.17, 15) is 14.0 Å². The molecule has 9 nitrogen and oxygen atoms in total. The highest BCUT2D eigenvalue weighted by Crippen LogP contribution is 2.48. The van der Waals surface area contributed by atoms with Gasteiger partial charge in [-0.3, -0.25) is 14.8 Å². The molecule has 10 heteroatoms. The molecule has 0 radical (unpaired) electrons. The molecule has 1 spiro atoms. The van der Waals surface area contributed by atoms with Crippen LogP contribution in [0.1, 0.15) is 24.1 Å². The van der Waals surface area contributed by atoms with E-state index in [-0.39, 0.29) is 18.3 Å². The summed E-state index contributed by atoms with van der Waals surface area (Å²) in [6, 6.07) is 6.44. The van der Waals surface area contributed by atoms with Crippen LogP contribution in [0.4, 0.5) is 14.9 Å². The van der Waals surface area contributed by atoms with Gasteiger partial charge in [0.05, 0.1) is 36.6 Å². The molecule has 1 aromatic carbocycles. The molecule has 0 saturated carbocycles. The van der Waals surface area contributed by atoms with E-state index in [1.54, 1.807) is 46.9 Å². The van der Waals surface area contributed by atoms with Gasteiger partial charge in [-0.25, -0.2) is 19.2 Å². The number of methoxy groups -OCH3 is 1. The number of nitrogens with zero attached hydrogens (tertiary/aromatic N) is 6. The van der Waals surface area contributed by atoms with Gasteiger partial charge in [-0.15, -0.1) is 0 Å². The molecule has 5 heterocycles. The quantitative estimate of drug-likeness (QED) is 0.423. The van der Waals surface area contributed by atoms with Gasteiger partial charge in [0.1, 0.15) is 12.1 Å². The summed E-state index contributed by atoms with van der Waals surface area (Å²) in [6.07, 6.45) is 10.4. The second-order valence-corrected chi connectivity index (χ2v) is 9.26. The minimum absolute atomic E-state index is 0.0451. The van der Waals surface area contributed by atoms with Crippen molar-refractivity contribution in [1.29, 1.82) is 0 Å². The summed E-state index contributed by atoms with van der Waals surface area (Å²) in [5.74, 6) is -0.399. The number of fused-ring (bicyclic) bond motifs is 3. The normalized spacial score (nSPS) is 16.3. The highest BCUT2D eigenvalue weighted by Gasteiger charge is 2.52. The van der Waals surface area contributed by atoms with Gasteiger partial charge >= 0.3 is 6.09 Å². The Kier molecular flexibility index (Phi) is 5.51. The molecule has 0 unspecified atom stereocenters. The number of halogens is 1. The summed E-state index contributed by atoms with van der Waals surface area (Å²) >= 11 is 0. The number of pyridine rings is 2. The summed E-state index contributed by atoms with van der Waals surface area (Å²) < 4.78 is 18.8. The number of anilines is 1. The first-order chi connectivity index (χ1) is 18.0. The van der Waals surface area contributed by atoms with E-state index in [0.29, 0.717) is 37.0 Å². The minimum Gasteiger partial charge on any atom is -0.453 e. The monoisotopic (exact) mass is 498 g/mol. The average Bonchev–Trinajstić information content (AvgIpc) is 3.16. The highest BCUT2D eigenvalue weighted by molar-refractivity contribution is 6.08. The molecule has 1 fully saturated rings. The smallest absolute Gasteiger partial charge is 0.409 e. The van der Waals surface area contributed by atoms with Crippen LogP contribution in [0.15, 0.2) is 61.6 Å². The molecule has 0 bridgehead atoms. The Balaban J connectivity index is 1.42. The minimum atomic E-state index is -0.751. The van der Waals surface area contributed by atoms with Gasteiger partial charge in [0, 0.05) is 54.4 Å². The Morgan fingerprint density at radius 3 is 2.62 bits per heavy atom. The number of piperidine rings is 1. The topological polar surface area (TPSA) is 101 Å². The molecule has 6 rings (SSSR count). The van der Waals surface area contributed by atoms with Gasteiger partial charge in [-0.1, -0.05) is 6.07 Å². The summed E-state index contributed by atoms with van der Waals surface area (Å²) in [7, 11) is 1.36. The lowest BCUT2D eigenvalue weighted by atomic mass is 9.74. The number of rotatable bonds is 3. The number of amides is 2. The van der Waals surface area contributed by atoms with Crippen molar-refractivity contribution in [2.45, 2.75) is 24.8 Å². The van der Waals surface area contributed by atoms with Gasteiger partial charge in [0.25, 0.3) is 0 Å². The van der Waals surface area contributed by atoms with Crippen LogP contribution in [0.3, 0.4) is 0 Å². The van der Waals surface area contributed by atoms with Crippen LogP contribution in [-0.4, -0.2) is 57.0 Å². The van der Waals surface area contributed by atoms with Crippen LogP contribution < -0.4 is 4.90 Å². The number of benzene rings is 1. The van der Waals surface area contributed by atoms with E-state index >= 15 is 0 Å². The van der Waals surface area contributed by atoms with Crippen molar-refractivity contribution in [3.63, 3.8) is 0 Å². The third kappa shape index (κ3) is 3.67. The zero-order chi connectivity index (χ0) is 25.6. The summed E-state index contributed by atoms with van der Waals surface area (Å²) in [5.41, 5.74) is 3.00. The molecule has 0 atom stereocenters. The Bertz CT molecular complexity index is 1520. The van der Waals surface area contributed by atoms with Crippen LogP contribution >= 0.6 is 0 Å². The first kappa shape index (κ1) is 23.0. The molecule has 4 aromatic rings. The lowest BCUT2D eigenvalue weighted by Crippen LogP contribution is -2.50. The third-order valence-corrected chi connectivity index (χ3v) is 7.40. The predicted octanol–water partition coefficient (Wildman–Crippen LogP) is 3.87. The number of likely N-dealkylation sites (tertiary alicyclic amines) is 1. The molecule has 1 saturated heterocycles. The summed E-state index contributed by atoms with van der Waals surface area (Å²) in [5, 5.41) is 1.43. The van der Waals surface area contributed by atoms with Crippen molar-refractivity contribution in [1.82, 2.24) is 24.8 Å². The lowest BCUT2D eigenvalue weighted by Gasteiger charge is -2.37. The van der Waals surface area contributed by atoms with Gasteiger partial charge in [-0.05, 0) is 42.0 Å². The molecule has 0 N–H and O–H groups in total. The Labute approximate surface area is 212 Å². The Morgan fingerprint density at radius 2 is 1.86 bits per heavy atom. The zero-order valence-electron chi connectivity index (χ0n) is 20.1. The lowest BCUT2D eigenvalue weighted by molar-refractivity contribution is -0.124. The van der Waals surface area contributed by atoms with Gasteiger partial charge in [0.15, 0.2) is 0 Å². The van der Waals surface area contributed by atoms with Crippen LogP contribution in [0.2, 0.25) is 0 Å². The summed E-state index contributed by atoms with van der Waals surface area (Å²) in [6.45, 7) is 1.03. The zero-order valence-corrected chi connectivity index (χ0v) is 20.1. The second-order valence-electron chi connectivity index (χ2n) is 9.26. The van der Waals surface area contributed by atoms with Crippen LogP contribution in [-0.2, 0) is 21.5 Å². The van der Waals surface area contributed by atoms with Crippen molar-refractivity contribution in [3.05, 3.63) is 78.7 Å². The van der Waals surface area contributed by atoms with Crippen LogP contribution in [0.5, 0.6) is 0 Å². The van der Waals surface area contributed by atoms with Crippen molar-refractivity contribution in [3.8, 4) is 11.1 Å². The molecule has 186 valence electrons. The molecular weight excluding hydrogens is 475 g/mol. The maximum atomic E-state index is 14.1. The molecule has 0 aliphatic carbocycles. The van der Waals surface area contributed by atoms with Gasteiger partial charge < -0.3 is 14.5 Å². The van der Waals surface area contributed by atoms with E-state index in [4.69, 9.17) is 4.74 Å². The third-order valence-electron chi connectivity index (χ3n) is 7.40. The van der Waals surface area contributed by atoms with Crippen molar-refractivity contribution < 1.29 is 18.7 Å². The fourth-order valence-electron chi connectivity index (χ4n) is 5.58. The SMILES string of the molecule is COC(=O)N1CCC2(CC1)C(=O)N(Cc1ncc3cc(F)ccc3c1-c1cncnc1)c1cnccc12. The predicted molar refractivity (Wildman–Crippen MR) is 133 cm³/mol. The molecule has 2 aliphatic heterocycles. The van der Waals surface area contributed by atoms with E-state index < -0.39 is 11.5 Å². The van der Waals surface area contributed by atoms with E-state index in [2.05, 4.69) is 19.9 Å². The first-order valence-corrected chi connectivity index (χ1v) is 11.9. The number of carbonyl (C=O) groups is 2.